The first-order valence-corrected chi connectivity index (χ1v) is 5.28. The lowest BCUT2D eigenvalue weighted by molar-refractivity contribution is -0.142. The molecule has 0 saturated heterocycles. The van der Waals surface area contributed by atoms with Crippen molar-refractivity contribution in [1.29, 1.82) is 0 Å². The van der Waals surface area contributed by atoms with Gasteiger partial charge in [-0.2, -0.15) is 0 Å². The summed E-state index contributed by atoms with van der Waals surface area (Å²) < 4.78 is 10.1. The summed E-state index contributed by atoms with van der Waals surface area (Å²) in [7, 11) is 0. The van der Waals surface area contributed by atoms with Crippen molar-refractivity contribution in [2.24, 2.45) is 0 Å². The number of carbonyl (C=O) groups excluding carboxylic acids is 1. The first kappa shape index (κ1) is 13.3. The Labute approximate surface area is 100 Å². The summed E-state index contributed by atoms with van der Waals surface area (Å²) in [5.41, 5.74) is 0.307. The van der Waals surface area contributed by atoms with Crippen molar-refractivity contribution in [3.8, 4) is 5.75 Å². The van der Waals surface area contributed by atoms with Crippen LogP contribution in [0.25, 0.3) is 0 Å². The zero-order chi connectivity index (χ0) is 12.7. The predicted octanol–water partition coefficient (Wildman–Crippen LogP) is 1.55. The first-order chi connectivity index (χ1) is 8.09. The van der Waals surface area contributed by atoms with Crippen LogP contribution in [-0.2, 0) is 9.53 Å². The quantitative estimate of drug-likeness (QED) is 0.601. The molecule has 0 aromatic heterocycles. The van der Waals surface area contributed by atoms with Crippen LogP contribution in [0.5, 0.6) is 5.75 Å². The van der Waals surface area contributed by atoms with Crippen molar-refractivity contribution in [2.45, 2.75) is 13.0 Å². The van der Waals surface area contributed by atoms with E-state index in [1.165, 1.54) is 0 Å². The number of hydrogen-bond acceptors (Lipinski definition) is 4. The largest absolute Gasteiger partial charge is 0.491 e. The van der Waals surface area contributed by atoms with Gasteiger partial charge in [-0.15, -0.1) is 0 Å². The lowest BCUT2D eigenvalue weighted by Crippen LogP contribution is -2.25. The number of rotatable bonds is 6. The SMILES string of the molecule is C=C(C)C(=O)OC[C@@H](O)COc1ccccc1. The number of aliphatic hydroxyl groups excluding tert-OH is 1. The summed E-state index contributed by atoms with van der Waals surface area (Å²) in [4.78, 5) is 11.0. The van der Waals surface area contributed by atoms with E-state index in [1.54, 1.807) is 19.1 Å². The van der Waals surface area contributed by atoms with E-state index >= 15 is 0 Å². The van der Waals surface area contributed by atoms with Crippen LogP contribution in [0.3, 0.4) is 0 Å². The summed E-state index contributed by atoms with van der Waals surface area (Å²) in [6.07, 6.45) is -0.849. The molecule has 0 bridgehead atoms. The first-order valence-electron chi connectivity index (χ1n) is 5.28. The van der Waals surface area contributed by atoms with Crippen LogP contribution in [0.4, 0.5) is 0 Å². The molecular formula is C13H16O4. The number of ether oxygens (including phenoxy) is 2. The molecule has 0 heterocycles. The van der Waals surface area contributed by atoms with Crippen LogP contribution in [-0.4, -0.2) is 30.4 Å². The Morgan fingerprint density at radius 3 is 2.59 bits per heavy atom. The lowest BCUT2D eigenvalue weighted by Gasteiger charge is -2.12. The molecular weight excluding hydrogens is 220 g/mol. The van der Waals surface area contributed by atoms with Crippen LogP contribution in [0.1, 0.15) is 6.92 Å². The van der Waals surface area contributed by atoms with E-state index < -0.39 is 12.1 Å². The third kappa shape index (κ3) is 5.17. The smallest absolute Gasteiger partial charge is 0.333 e. The van der Waals surface area contributed by atoms with E-state index in [9.17, 15) is 9.90 Å². The second-order valence-corrected chi connectivity index (χ2v) is 3.66. The van der Waals surface area contributed by atoms with Crippen molar-refractivity contribution < 1.29 is 19.4 Å². The number of carbonyl (C=O) groups is 1. The molecule has 4 heteroatoms. The van der Waals surface area contributed by atoms with E-state index in [-0.39, 0.29) is 13.2 Å². The third-order valence-electron chi connectivity index (χ3n) is 1.94. The topological polar surface area (TPSA) is 55.8 Å². The van der Waals surface area contributed by atoms with Crippen LogP contribution in [0.15, 0.2) is 42.5 Å². The van der Waals surface area contributed by atoms with Gasteiger partial charge in [-0.05, 0) is 19.1 Å². The number of hydrogen-bond donors (Lipinski definition) is 1. The molecule has 0 radical (unpaired) electrons. The Kier molecular flexibility index (Phi) is 5.23. The minimum Gasteiger partial charge on any atom is -0.491 e. The molecule has 1 N–H and O–H groups in total. The van der Waals surface area contributed by atoms with Gasteiger partial charge in [-0.1, -0.05) is 24.8 Å². The fourth-order valence-corrected chi connectivity index (χ4v) is 1.05. The second kappa shape index (κ2) is 6.70. The van der Waals surface area contributed by atoms with Crippen LogP contribution < -0.4 is 4.74 Å². The van der Waals surface area contributed by atoms with E-state index in [1.807, 2.05) is 18.2 Å². The maximum absolute atomic E-state index is 11.0. The van der Waals surface area contributed by atoms with Gasteiger partial charge in [0.2, 0.25) is 0 Å². The minimum absolute atomic E-state index is 0.0769. The van der Waals surface area contributed by atoms with Crippen molar-refractivity contribution in [3.05, 3.63) is 42.5 Å². The highest BCUT2D eigenvalue weighted by Gasteiger charge is 2.09. The highest BCUT2D eigenvalue weighted by molar-refractivity contribution is 5.86. The maximum atomic E-state index is 11.0. The molecule has 1 atom stereocenters. The van der Waals surface area contributed by atoms with Gasteiger partial charge in [0.1, 0.15) is 25.1 Å². The molecule has 1 aromatic carbocycles. The monoisotopic (exact) mass is 236 g/mol. The van der Waals surface area contributed by atoms with Crippen molar-refractivity contribution >= 4 is 5.97 Å². The summed E-state index contributed by atoms with van der Waals surface area (Å²) in [6, 6.07) is 9.11. The fourth-order valence-electron chi connectivity index (χ4n) is 1.05. The maximum Gasteiger partial charge on any atom is 0.333 e. The number of benzene rings is 1. The van der Waals surface area contributed by atoms with Gasteiger partial charge in [-0.25, -0.2) is 4.79 Å². The summed E-state index contributed by atoms with van der Waals surface area (Å²) in [6.45, 7) is 4.97. The highest BCUT2D eigenvalue weighted by Crippen LogP contribution is 2.08. The Morgan fingerprint density at radius 1 is 1.35 bits per heavy atom. The van der Waals surface area contributed by atoms with Crippen molar-refractivity contribution in [3.63, 3.8) is 0 Å². The molecule has 0 spiro atoms. The van der Waals surface area contributed by atoms with Gasteiger partial charge in [-0.3, -0.25) is 0 Å². The van der Waals surface area contributed by atoms with Crippen LogP contribution >= 0.6 is 0 Å². The molecule has 0 amide bonds. The normalized spacial score (nSPS) is 11.6. The van der Waals surface area contributed by atoms with Crippen molar-refractivity contribution in [1.82, 2.24) is 0 Å². The second-order valence-electron chi connectivity index (χ2n) is 3.66. The van der Waals surface area contributed by atoms with E-state index in [2.05, 4.69) is 6.58 Å². The molecule has 0 fully saturated rings. The van der Waals surface area contributed by atoms with Crippen LogP contribution in [0.2, 0.25) is 0 Å². The van der Waals surface area contributed by atoms with Gasteiger partial charge < -0.3 is 14.6 Å². The lowest BCUT2D eigenvalue weighted by atomic mass is 10.3. The van der Waals surface area contributed by atoms with Gasteiger partial charge in [0, 0.05) is 5.57 Å². The molecule has 0 aliphatic carbocycles. The molecule has 0 aliphatic rings. The highest BCUT2D eigenvalue weighted by atomic mass is 16.5. The average Bonchev–Trinajstić information content (AvgIpc) is 2.34. The molecule has 4 nitrogen and oxygen atoms in total. The number of para-hydroxylation sites is 1. The molecule has 17 heavy (non-hydrogen) atoms. The molecule has 0 saturated carbocycles. The standard InChI is InChI=1S/C13H16O4/c1-10(2)13(15)17-9-11(14)8-16-12-6-4-3-5-7-12/h3-7,11,14H,1,8-9H2,2H3/t11-/m0/s1. The van der Waals surface area contributed by atoms with E-state index in [0.29, 0.717) is 11.3 Å². The Bertz CT molecular complexity index is 372. The van der Waals surface area contributed by atoms with E-state index in [0.717, 1.165) is 0 Å². The number of esters is 1. The van der Waals surface area contributed by atoms with Gasteiger partial charge in [0.05, 0.1) is 0 Å². The Hall–Kier alpha value is -1.81. The van der Waals surface area contributed by atoms with Crippen LogP contribution in [0, 0.1) is 0 Å². The Balaban J connectivity index is 2.24. The number of aliphatic hydroxyl groups is 1. The molecule has 0 aliphatic heterocycles. The molecule has 1 aromatic rings. The zero-order valence-electron chi connectivity index (χ0n) is 9.76. The summed E-state index contributed by atoms with van der Waals surface area (Å²) >= 11 is 0. The average molecular weight is 236 g/mol. The summed E-state index contributed by atoms with van der Waals surface area (Å²) in [5.74, 6) is 0.154. The van der Waals surface area contributed by atoms with E-state index in [4.69, 9.17) is 9.47 Å². The third-order valence-corrected chi connectivity index (χ3v) is 1.94. The molecule has 0 unspecified atom stereocenters. The van der Waals surface area contributed by atoms with Gasteiger partial charge >= 0.3 is 5.97 Å². The molecule has 1 rings (SSSR count). The minimum atomic E-state index is -0.849. The summed E-state index contributed by atoms with van der Waals surface area (Å²) in [5, 5.41) is 9.51. The van der Waals surface area contributed by atoms with Gasteiger partial charge in [0.15, 0.2) is 0 Å². The fraction of sp³-hybridized carbons (Fsp3) is 0.308. The Morgan fingerprint density at radius 2 is 2.00 bits per heavy atom. The molecule has 92 valence electrons. The van der Waals surface area contributed by atoms with Gasteiger partial charge in [0.25, 0.3) is 0 Å². The zero-order valence-corrected chi connectivity index (χ0v) is 9.76. The van der Waals surface area contributed by atoms with Crippen molar-refractivity contribution in [2.75, 3.05) is 13.2 Å². The predicted molar refractivity (Wildman–Crippen MR) is 63.7 cm³/mol.